The van der Waals surface area contributed by atoms with Crippen LogP contribution in [0.2, 0.25) is 5.02 Å². The van der Waals surface area contributed by atoms with Gasteiger partial charge in [-0.25, -0.2) is 13.4 Å². The van der Waals surface area contributed by atoms with E-state index in [9.17, 15) is 8.42 Å². The summed E-state index contributed by atoms with van der Waals surface area (Å²) in [6.45, 7) is 6.78. The third-order valence-corrected chi connectivity index (χ3v) is 9.87. The Morgan fingerprint density at radius 1 is 1.00 bits per heavy atom. The number of hydrogen-bond donors (Lipinski definition) is 2. The summed E-state index contributed by atoms with van der Waals surface area (Å²) < 4.78 is 25.5. The fraction of sp³-hybridized carbons (Fsp3) is 0.448. The van der Waals surface area contributed by atoms with Crippen LogP contribution in [-0.4, -0.2) is 69.8 Å². The number of aryl methyl sites for hydroxylation is 1. The van der Waals surface area contributed by atoms with E-state index < -0.39 is 10.0 Å². The molecule has 0 bridgehead atoms. The molecule has 0 saturated carbocycles. The number of sulfonamides is 1. The highest BCUT2D eigenvalue weighted by atomic mass is 35.5. The van der Waals surface area contributed by atoms with Crippen molar-refractivity contribution >= 4 is 56.1 Å². The Morgan fingerprint density at radius 2 is 1.68 bits per heavy atom. The molecule has 0 radical (unpaired) electrons. The SMILES string of the molecule is Cc1cc(Nc2ncc(Cl)c(Nc3ccccc3N(C)S(C)(=O)=O)n2)ccc1N1CCC2(CCN(C)CC2)CC1. The Morgan fingerprint density at radius 3 is 2.35 bits per heavy atom. The lowest BCUT2D eigenvalue weighted by Crippen LogP contribution is -2.46. The number of rotatable bonds is 7. The third-order valence-electron chi connectivity index (χ3n) is 8.40. The van der Waals surface area contributed by atoms with Gasteiger partial charge in [-0.05, 0) is 94.1 Å². The third kappa shape index (κ3) is 6.29. The Kier molecular flexibility index (Phi) is 8.13. The second kappa shape index (κ2) is 11.4. The second-order valence-electron chi connectivity index (χ2n) is 11.2. The quantitative estimate of drug-likeness (QED) is 0.369. The van der Waals surface area contributed by atoms with Crippen LogP contribution in [-0.2, 0) is 10.0 Å². The summed E-state index contributed by atoms with van der Waals surface area (Å²) >= 11 is 6.41. The summed E-state index contributed by atoms with van der Waals surface area (Å²) in [6, 6.07) is 13.4. The molecule has 9 nitrogen and oxygen atoms in total. The molecule has 5 rings (SSSR count). The van der Waals surface area contributed by atoms with Crippen LogP contribution in [0.1, 0.15) is 31.2 Å². The number of nitrogens with zero attached hydrogens (tertiary/aromatic N) is 5. The topological polar surface area (TPSA) is 93.7 Å². The van der Waals surface area contributed by atoms with Gasteiger partial charge in [0.1, 0.15) is 5.02 Å². The molecule has 2 aromatic carbocycles. The molecule has 0 aliphatic carbocycles. The van der Waals surface area contributed by atoms with Crippen LogP contribution in [0.5, 0.6) is 0 Å². The average molecular weight is 584 g/mol. The molecule has 0 unspecified atom stereocenters. The molecule has 0 atom stereocenters. The molecule has 2 N–H and O–H groups in total. The van der Waals surface area contributed by atoms with Gasteiger partial charge in [0, 0.05) is 31.5 Å². The predicted molar refractivity (Wildman–Crippen MR) is 165 cm³/mol. The lowest BCUT2D eigenvalue weighted by molar-refractivity contribution is 0.0944. The van der Waals surface area contributed by atoms with Gasteiger partial charge < -0.3 is 20.4 Å². The first-order chi connectivity index (χ1) is 19.0. The Hall–Kier alpha value is -3.08. The molecular weight excluding hydrogens is 546 g/mol. The van der Waals surface area contributed by atoms with Crippen LogP contribution in [0.4, 0.5) is 34.5 Å². The van der Waals surface area contributed by atoms with E-state index in [4.69, 9.17) is 11.6 Å². The highest BCUT2D eigenvalue weighted by Gasteiger charge is 2.37. The van der Waals surface area contributed by atoms with Crippen LogP contribution in [0.25, 0.3) is 0 Å². The van der Waals surface area contributed by atoms with Gasteiger partial charge >= 0.3 is 0 Å². The monoisotopic (exact) mass is 583 g/mol. The van der Waals surface area contributed by atoms with Crippen LogP contribution < -0.4 is 19.8 Å². The number of piperidine rings is 2. The summed E-state index contributed by atoms with van der Waals surface area (Å²) in [5.41, 5.74) is 4.94. The number of halogens is 1. The fourth-order valence-electron chi connectivity index (χ4n) is 5.71. The van der Waals surface area contributed by atoms with Crippen molar-refractivity contribution in [3.63, 3.8) is 0 Å². The van der Waals surface area contributed by atoms with Crippen molar-refractivity contribution in [3.8, 4) is 0 Å². The van der Waals surface area contributed by atoms with Crippen molar-refractivity contribution in [2.24, 2.45) is 5.41 Å². The molecular formula is C29H38ClN7O2S. The van der Waals surface area contributed by atoms with Crippen molar-refractivity contribution in [1.29, 1.82) is 0 Å². The van der Waals surface area contributed by atoms with Gasteiger partial charge in [0.15, 0.2) is 5.82 Å². The predicted octanol–water partition coefficient (Wildman–Crippen LogP) is 5.63. The normalized spacial score (nSPS) is 17.6. The second-order valence-corrected chi connectivity index (χ2v) is 13.6. The van der Waals surface area contributed by atoms with Crippen LogP contribution in [0.15, 0.2) is 48.7 Å². The number of benzene rings is 2. The summed E-state index contributed by atoms with van der Waals surface area (Å²) in [6.07, 6.45) is 7.84. The smallest absolute Gasteiger partial charge is 0.232 e. The number of nitrogens with one attached hydrogen (secondary N) is 2. The van der Waals surface area contributed by atoms with Crippen molar-refractivity contribution in [2.45, 2.75) is 32.6 Å². The van der Waals surface area contributed by atoms with E-state index in [1.54, 1.807) is 18.2 Å². The summed E-state index contributed by atoms with van der Waals surface area (Å²) in [7, 11) is 0.291. The zero-order chi connectivity index (χ0) is 28.5. The molecule has 1 spiro atoms. The van der Waals surface area contributed by atoms with Crippen molar-refractivity contribution in [2.75, 3.05) is 66.4 Å². The van der Waals surface area contributed by atoms with Gasteiger partial charge in [0.25, 0.3) is 0 Å². The van der Waals surface area contributed by atoms with Gasteiger partial charge in [-0.3, -0.25) is 4.31 Å². The molecule has 2 saturated heterocycles. The number of likely N-dealkylation sites (tertiary alicyclic amines) is 1. The summed E-state index contributed by atoms with van der Waals surface area (Å²) in [5, 5.41) is 6.78. The van der Waals surface area contributed by atoms with Crippen LogP contribution in [0, 0.1) is 12.3 Å². The highest BCUT2D eigenvalue weighted by Crippen LogP contribution is 2.42. The van der Waals surface area contributed by atoms with Gasteiger partial charge in [0.2, 0.25) is 16.0 Å². The first-order valence-corrected chi connectivity index (χ1v) is 15.9. The molecule has 11 heteroatoms. The standard InChI is InChI=1S/C29H38ClN7O2S/c1-21-19-22(9-10-25(21)37-17-13-29(14-18-37)11-15-35(2)16-12-29)32-28-31-20-23(30)27(34-28)33-24-7-5-6-8-26(24)36(3)40(4,38)39/h5-10,19-20H,11-18H2,1-4H3,(H2,31,32,33,34). The van der Waals surface area contributed by atoms with Gasteiger partial charge in [-0.2, -0.15) is 4.98 Å². The van der Waals surface area contributed by atoms with E-state index in [0.717, 1.165) is 25.0 Å². The van der Waals surface area contributed by atoms with E-state index in [0.29, 0.717) is 33.6 Å². The van der Waals surface area contributed by atoms with E-state index in [1.807, 2.05) is 6.07 Å². The van der Waals surface area contributed by atoms with E-state index in [-0.39, 0.29) is 0 Å². The zero-order valence-electron chi connectivity index (χ0n) is 23.6. The Labute approximate surface area is 242 Å². The molecule has 3 heterocycles. The minimum absolute atomic E-state index is 0.321. The van der Waals surface area contributed by atoms with E-state index in [1.165, 1.54) is 67.6 Å². The molecule has 2 aliphatic rings. The Balaban J connectivity index is 1.28. The average Bonchev–Trinajstić information content (AvgIpc) is 2.93. The number of hydrogen-bond acceptors (Lipinski definition) is 8. The highest BCUT2D eigenvalue weighted by molar-refractivity contribution is 7.92. The molecule has 214 valence electrons. The van der Waals surface area contributed by atoms with Gasteiger partial charge in [-0.1, -0.05) is 23.7 Å². The first-order valence-electron chi connectivity index (χ1n) is 13.7. The maximum Gasteiger partial charge on any atom is 0.232 e. The number of para-hydroxylation sites is 2. The van der Waals surface area contributed by atoms with Crippen LogP contribution in [0.3, 0.4) is 0 Å². The zero-order valence-corrected chi connectivity index (χ0v) is 25.2. The summed E-state index contributed by atoms with van der Waals surface area (Å²) in [4.78, 5) is 13.9. The number of aromatic nitrogens is 2. The molecule has 2 aliphatic heterocycles. The van der Waals surface area contributed by atoms with Crippen molar-refractivity contribution in [3.05, 3.63) is 59.2 Å². The first kappa shape index (κ1) is 28.4. The molecule has 40 heavy (non-hydrogen) atoms. The van der Waals surface area contributed by atoms with Crippen molar-refractivity contribution < 1.29 is 8.42 Å². The van der Waals surface area contributed by atoms with E-state index in [2.05, 4.69) is 62.6 Å². The number of anilines is 6. The molecule has 3 aromatic rings. The molecule has 0 amide bonds. The fourth-order valence-corrected chi connectivity index (χ4v) is 6.36. The maximum atomic E-state index is 12.1. The van der Waals surface area contributed by atoms with Crippen LogP contribution >= 0.6 is 11.6 Å². The minimum atomic E-state index is -3.44. The molecule has 2 fully saturated rings. The lowest BCUT2D eigenvalue weighted by atomic mass is 9.71. The largest absolute Gasteiger partial charge is 0.371 e. The molecule has 1 aromatic heterocycles. The summed E-state index contributed by atoms with van der Waals surface area (Å²) in [5.74, 6) is 0.758. The van der Waals surface area contributed by atoms with Gasteiger partial charge in [0.05, 0.1) is 23.8 Å². The Bertz CT molecular complexity index is 1460. The maximum absolute atomic E-state index is 12.1. The van der Waals surface area contributed by atoms with Crippen molar-refractivity contribution in [1.82, 2.24) is 14.9 Å². The lowest BCUT2D eigenvalue weighted by Gasteiger charge is -2.47. The van der Waals surface area contributed by atoms with E-state index >= 15 is 0 Å². The minimum Gasteiger partial charge on any atom is -0.371 e. The van der Waals surface area contributed by atoms with Gasteiger partial charge in [-0.15, -0.1) is 0 Å².